The number of nitrogens with one attached hydrogen (secondary N) is 1. The molecule has 126 valence electrons. The number of hydrogen-bond donors (Lipinski definition) is 2. The lowest BCUT2D eigenvalue weighted by molar-refractivity contribution is -0.127. The van der Waals surface area contributed by atoms with Crippen LogP contribution in [0, 0.1) is 5.92 Å². The van der Waals surface area contributed by atoms with Gasteiger partial charge in [-0.3, -0.25) is 14.5 Å². The summed E-state index contributed by atoms with van der Waals surface area (Å²) in [6.07, 6.45) is 1.70. The first-order valence-electron chi connectivity index (χ1n) is 8.00. The van der Waals surface area contributed by atoms with Gasteiger partial charge in [-0.1, -0.05) is 0 Å². The molecule has 1 heterocycles. The van der Waals surface area contributed by atoms with E-state index in [0.29, 0.717) is 6.54 Å². The van der Waals surface area contributed by atoms with Gasteiger partial charge in [0.2, 0.25) is 11.8 Å². The van der Waals surface area contributed by atoms with E-state index in [1.165, 1.54) is 0 Å². The van der Waals surface area contributed by atoms with Crippen molar-refractivity contribution in [1.29, 1.82) is 0 Å². The molecule has 1 saturated heterocycles. The van der Waals surface area contributed by atoms with Gasteiger partial charge in [-0.25, -0.2) is 0 Å². The molecule has 1 fully saturated rings. The normalized spacial score (nSPS) is 19.9. The molecule has 3 N–H and O–H groups in total. The standard InChI is InChI=1S/C17H26N4O2/c1-12(21-10-4-5-13(11-21)16(18)22)17(23)19-14-6-8-15(9-7-14)20(2)3/h6-9,12-13H,4-5,10-11H2,1-3H3,(H2,18,22)(H,19,23)/t12-,13+/m0/s1. The number of anilines is 2. The summed E-state index contributed by atoms with van der Waals surface area (Å²) in [5.74, 6) is -0.493. The average molecular weight is 318 g/mol. The Labute approximate surface area is 137 Å². The first-order valence-corrected chi connectivity index (χ1v) is 8.00. The Hall–Kier alpha value is -2.08. The van der Waals surface area contributed by atoms with E-state index in [4.69, 9.17) is 5.73 Å². The van der Waals surface area contributed by atoms with Crippen LogP contribution in [0.15, 0.2) is 24.3 Å². The van der Waals surface area contributed by atoms with Gasteiger partial charge in [0.25, 0.3) is 0 Å². The molecule has 0 unspecified atom stereocenters. The smallest absolute Gasteiger partial charge is 0.241 e. The third-order valence-corrected chi connectivity index (χ3v) is 4.43. The van der Waals surface area contributed by atoms with E-state index in [2.05, 4.69) is 5.32 Å². The topological polar surface area (TPSA) is 78.7 Å². The molecule has 6 nitrogen and oxygen atoms in total. The maximum absolute atomic E-state index is 12.4. The Morgan fingerprint density at radius 1 is 1.30 bits per heavy atom. The van der Waals surface area contributed by atoms with Crippen molar-refractivity contribution in [2.24, 2.45) is 11.7 Å². The number of piperidine rings is 1. The van der Waals surface area contributed by atoms with Gasteiger partial charge in [-0.2, -0.15) is 0 Å². The van der Waals surface area contributed by atoms with Crippen LogP contribution in [0.25, 0.3) is 0 Å². The lowest BCUT2D eigenvalue weighted by atomic mass is 9.96. The molecular formula is C17H26N4O2. The predicted octanol–water partition coefficient (Wildman–Crippen LogP) is 1.28. The van der Waals surface area contributed by atoms with E-state index in [1.807, 2.05) is 55.1 Å². The van der Waals surface area contributed by atoms with Gasteiger partial charge in [-0.15, -0.1) is 0 Å². The average Bonchev–Trinajstić information content (AvgIpc) is 2.54. The van der Waals surface area contributed by atoms with E-state index in [0.717, 1.165) is 30.8 Å². The van der Waals surface area contributed by atoms with Crippen LogP contribution in [0.2, 0.25) is 0 Å². The third-order valence-electron chi connectivity index (χ3n) is 4.43. The van der Waals surface area contributed by atoms with Crippen molar-refractivity contribution in [3.05, 3.63) is 24.3 Å². The van der Waals surface area contributed by atoms with E-state index < -0.39 is 0 Å². The van der Waals surface area contributed by atoms with E-state index in [9.17, 15) is 9.59 Å². The number of primary amides is 1. The number of benzene rings is 1. The molecule has 0 spiro atoms. The molecule has 2 rings (SSSR count). The number of rotatable bonds is 5. The number of carbonyl (C=O) groups excluding carboxylic acids is 2. The Morgan fingerprint density at radius 3 is 2.52 bits per heavy atom. The lowest BCUT2D eigenvalue weighted by Gasteiger charge is -2.34. The van der Waals surface area contributed by atoms with E-state index >= 15 is 0 Å². The number of nitrogens with two attached hydrogens (primary N) is 1. The Balaban J connectivity index is 1.95. The minimum absolute atomic E-state index is 0.0623. The Bertz CT molecular complexity index is 556. The highest BCUT2D eigenvalue weighted by atomic mass is 16.2. The second-order valence-corrected chi connectivity index (χ2v) is 6.34. The molecule has 2 amide bonds. The van der Waals surface area contributed by atoms with E-state index in [-0.39, 0.29) is 23.8 Å². The SMILES string of the molecule is C[C@@H](C(=O)Nc1ccc(N(C)C)cc1)N1CCC[C@@H](C(N)=O)C1. The van der Waals surface area contributed by atoms with Gasteiger partial charge in [0.15, 0.2) is 0 Å². The fourth-order valence-corrected chi connectivity index (χ4v) is 2.85. The number of hydrogen-bond acceptors (Lipinski definition) is 4. The van der Waals surface area contributed by atoms with Gasteiger partial charge in [0.1, 0.15) is 0 Å². The minimum Gasteiger partial charge on any atom is -0.378 e. The zero-order valence-corrected chi connectivity index (χ0v) is 14.1. The van der Waals surface area contributed by atoms with Gasteiger partial charge >= 0.3 is 0 Å². The van der Waals surface area contributed by atoms with Crippen LogP contribution >= 0.6 is 0 Å². The Morgan fingerprint density at radius 2 is 1.96 bits per heavy atom. The summed E-state index contributed by atoms with van der Waals surface area (Å²) < 4.78 is 0. The molecule has 0 bridgehead atoms. The quantitative estimate of drug-likeness (QED) is 0.857. The highest BCUT2D eigenvalue weighted by molar-refractivity contribution is 5.94. The maximum atomic E-state index is 12.4. The van der Waals surface area contributed by atoms with Crippen LogP contribution in [0.4, 0.5) is 11.4 Å². The van der Waals surface area contributed by atoms with Crippen LogP contribution in [-0.4, -0.2) is 49.9 Å². The third kappa shape index (κ3) is 4.45. The first kappa shape index (κ1) is 17.3. The van der Waals surface area contributed by atoms with Crippen molar-refractivity contribution in [2.45, 2.75) is 25.8 Å². The van der Waals surface area contributed by atoms with Gasteiger partial charge in [-0.05, 0) is 50.6 Å². The van der Waals surface area contributed by atoms with Gasteiger partial charge < -0.3 is 16.0 Å². The van der Waals surface area contributed by atoms with Crippen molar-refractivity contribution in [3.8, 4) is 0 Å². The zero-order valence-electron chi connectivity index (χ0n) is 14.1. The highest BCUT2D eigenvalue weighted by Gasteiger charge is 2.29. The molecule has 1 aromatic carbocycles. The summed E-state index contributed by atoms with van der Waals surface area (Å²) in [6, 6.07) is 7.42. The molecular weight excluding hydrogens is 292 g/mol. The second kappa shape index (κ2) is 7.46. The van der Waals surface area contributed by atoms with Crippen molar-refractivity contribution >= 4 is 23.2 Å². The molecule has 6 heteroatoms. The predicted molar refractivity (Wildman–Crippen MR) is 92.4 cm³/mol. The molecule has 1 aromatic rings. The summed E-state index contributed by atoms with van der Waals surface area (Å²) in [5, 5.41) is 2.93. The van der Waals surface area contributed by atoms with E-state index in [1.54, 1.807) is 0 Å². The number of carbonyl (C=O) groups is 2. The monoisotopic (exact) mass is 318 g/mol. The summed E-state index contributed by atoms with van der Waals surface area (Å²) in [4.78, 5) is 27.8. The maximum Gasteiger partial charge on any atom is 0.241 e. The second-order valence-electron chi connectivity index (χ2n) is 6.34. The molecule has 0 saturated carbocycles. The number of nitrogens with zero attached hydrogens (tertiary/aromatic N) is 2. The van der Waals surface area contributed by atoms with Crippen molar-refractivity contribution in [1.82, 2.24) is 4.90 Å². The van der Waals surface area contributed by atoms with Gasteiger partial charge in [0, 0.05) is 32.0 Å². The van der Waals surface area contributed by atoms with Crippen molar-refractivity contribution in [3.63, 3.8) is 0 Å². The molecule has 2 atom stereocenters. The summed E-state index contributed by atoms with van der Waals surface area (Å²) in [7, 11) is 3.95. The van der Waals surface area contributed by atoms with Crippen molar-refractivity contribution < 1.29 is 9.59 Å². The summed E-state index contributed by atoms with van der Waals surface area (Å²) in [5.41, 5.74) is 7.25. The summed E-state index contributed by atoms with van der Waals surface area (Å²) >= 11 is 0. The molecule has 0 aromatic heterocycles. The fraction of sp³-hybridized carbons (Fsp3) is 0.529. The highest BCUT2D eigenvalue weighted by Crippen LogP contribution is 2.20. The molecule has 1 aliphatic rings. The molecule has 0 aliphatic carbocycles. The zero-order chi connectivity index (χ0) is 17.0. The van der Waals surface area contributed by atoms with Crippen LogP contribution in [0.1, 0.15) is 19.8 Å². The number of likely N-dealkylation sites (tertiary alicyclic amines) is 1. The Kier molecular flexibility index (Phi) is 5.60. The summed E-state index contributed by atoms with van der Waals surface area (Å²) in [6.45, 7) is 3.24. The van der Waals surface area contributed by atoms with Crippen LogP contribution in [0.3, 0.4) is 0 Å². The molecule has 1 aliphatic heterocycles. The van der Waals surface area contributed by atoms with Crippen molar-refractivity contribution in [2.75, 3.05) is 37.4 Å². The van der Waals surface area contributed by atoms with Crippen LogP contribution in [-0.2, 0) is 9.59 Å². The number of amides is 2. The molecule has 0 radical (unpaired) electrons. The van der Waals surface area contributed by atoms with Crippen LogP contribution < -0.4 is 16.0 Å². The first-order chi connectivity index (χ1) is 10.9. The minimum atomic E-state index is -0.286. The molecule has 23 heavy (non-hydrogen) atoms. The van der Waals surface area contributed by atoms with Gasteiger partial charge in [0.05, 0.1) is 12.0 Å². The van der Waals surface area contributed by atoms with Crippen LogP contribution in [0.5, 0.6) is 0 Å². The largest absolute Gasteiger partial charge is 0.378 e. The fourth-order valence-electron chi connectivity index (χ4n) is 2.85. The lowest BCUT2D eigenvalue weighted by Crippen LogP contribution is -2.49.